The third-order valence-corrected chi connectivity index (χ3v) is 5.62. The van der Waals surface area contributed by atoms with Crippen molar-refractivity contribution in [1.82, 2.24) is 15.1 Å². The standard InChI is InChI=1S/C20H29N3O3.ClH/c1-15-16(2)23(13-10-21-15)20(25)17-8-11-22(12-9-17)19(24)14-26-18-6-4-3-5-7-18;/h3-7,15-17,21H,8-14H2,1-2H3;1H. The highest BCUT2D eigenvalue weighted by Gasteiger charge is 2.34. The molecule has 0 aliphatic carbocycles. The molecule has 3 rings (SSSR count). The number of carbonyl (C=O) groups excluding carboxylic acids is 2. The number of para-hydroxylation sites is 1. The van der Waals surface area contributed by atoms with E-state index in [9.17, 15) is 9.59 Å². The number of hydrogen-bond donors (Lipinski definition) is 1. The summed E-state index contributed by atoms with van der Waals surface area (Å²) in [5.74, 6) is 0.969. The molecule has 2 unspecified atom stereocenters. The summed E-state index contributed by atoms with van der Waals surface area (Å²) in [6, 6.07) is 9.90. The Morgan fingerprint density at radius 3 is 2.44 bits per heavy atom. The third-order valence-electron chi connectivity index (χ3n) is 5.62. The summed E-state index contributed by atoms with van der Waals surface area (Å²) in [6.07, 6.45) is 1.47. The molecule has 1 N–H and O–H groups in total. The molecule has 2 heterocycles. The summed E-state index contributed by atoms with van der Waals surface area (Å²) in [4.78, 5) is 29.0. The second-order valence-corrected chi connectivity index (χ2v) is 7.27. The fourth-order valence-corrected chi connectivity index (χ4v) is 3.73. The molecular formula is C20H30ClN3O3. The van der Waals surface area contributed by atoms with E-state index in [4.69, 9.17) is 4.74 Å². The molecule has 2 aliphatic rings. The largest absolute Gasteiger partial charge is 0.484 e. The van der Waals surface area contributed by atoms with Crippen molar-refractivity contribution in [1.29, 1.82) is 0 Å². The van der Waals surface area contributed by atoms with Crippen LogP contribution < -0.4 is 10.1 Å². The average molecular weight is 396 g/mol. The lowest BCUT2D eigenvalue weighted by Crippen LogP contribution is -2.59. The van der Waals surface area contributed by atoms with Crippen molar-refractivity contribution in [3.63, 3.8) is 0 Å². The molecule has 0 saturated carbocycles. The van der Waals surface area contributed by atoms with Crippen LogP contribution in [-0.2, 0) is 9.59 Å². The molecule has 0 aromatic heterocycles. The molecule has 7 heteroatoms. The highest BCUT2D eigenvalue weighted by atomic mass is 35.5. The maximum Gasteiger partial charge on any atom is 0.260 e. The van der Waals surface area contributed by atoms with Crippen molar-refractivity contribution < 1.29 is 14.3 Å². The van der Waals surface area contributed by atoms with Gasteiger partial charge in [0.1, 0.15) is 5.75 Å². The molecule has 2 atom stereocenters. The highest BCUT2D eigenvalue weighted by Crippen LogP contribution is 2.22. The second-order valence-electron chi connectivity index (χ2n) is 7.27. The quantitative estimate of drug-likeness (QED) is 0.846. The number of hydrogen-bond acceptors (Lipinski definition) is 4. The van der Waals surface area contributed by atoms with E-state index in [0.29, 0.717) is 24.9 Å². The molecule has 1 aromatic carbocycles. The fourth-order valence-electron chi connectivity index (χ4n) is 3.73. The van der Waals surface area contributed by atoms with E-state index in [2.05, 4.69) is 19.2 Å². The van der Waals surface area contributed by atoms with Crippen LogP contribution in [-0.4, -0.2) is 66.5 Å². The highest BCUT2D eigenvalue weighted by molar-refractivity contribution is 5.85. The summed E-state index contributed by atoms with van der Waals surface area (Å²) < 4.78 is 5.54. The van der Waals surface area contributed by atoms with Crippen LogP contribution in [0.1, 0.15) is 26.7 Å². The first-order chi connectivity index (χ1) is 12.6. The first-order valence-electron chi connectivity index (χ1n) is 9.55. The number of amides is 2. The van der Waals surface area contributed by atoms with Crippen LogP contribution in [0.25, 0.3) is 0 Å². The van der Waals surface area contributed by atoms with Crippen molar-refractivity contribution in [3.05, 3.63) is 30.3 Å². The van der Waals surface area contributed by atoms with Gasteiger partial charge >= 0.3 is 0 Å². The molecule has 0 spiro atoms. The lowest BCUT2D eigenvalue weighted by molar-refractivity contribution is -0.144. The van der Waals surface area contributed by atoms with Crippen LogP contribution >= 0.6 is 12.4 Å². The molecule has 27 heavy (non-hydrogen) atoms. The lowest BCUT2D eigenvalue weighted by atomic mass is 9.93. The Morgan fingerprint density at radius 2 is 1.78 bits per heavy atom. The van der Waals surface area contributed by atoms with Crippen molar-refractivity contribution >= 4 is 24.2 Å². The minimum atomic E-state index is -0.0103. The summed E-state index contributed by atoms with van der Waals surface area (Å²) >= 11 is 0. The number of likely N-dealkylation sites (tertiary alicyclic amines) is 1. The smallest absolute Gasteiger partial charge is 0.260 e. The summed E-state index contributed by atoms with van der Waals surface area (Å²) in [6.45, 7) is 7.16. The van der Waals surface area contributed by atoms with Gasteiger partial charge in [-0.25, -0.2) is 0 Å². The van der Waals surface area contributed by atoms with Crippen LogP contribution in [0.5, 0.6) is 5.75 Å². The van der Waals surface area contributed by atoms with E-state index in [1.807, 2.05) is 40.1 Å². The van der Waals surface area contributed by atoms with Gasteiger partial charge in [-0.1, -0.05) is 18.2 Å². The first kappa shape index (κ1) is 21.5. The Bertz CT molecular complexity index is 620. The van der Waals surface area contributed by atoms with Crippen molar-refractivity contribution in [2.45, 2.75) is 38.8 Å². The van der Waals surface area contributed by atoms with E-state index in [-0.39, 0.29) is 42.8 Å². The summed E-state index contributed by atoms with van der Waals surface area (Å²) in [7, 11) is 0. The number of piperazine rings is 1. The Kier molecular flexibility index (Phi) is 7.92. The molecule has 1 aromatic rings. The van der Waals surface area contributed by atoms with Crippen LogP contribution in [0.15, 0.2) is 30.3 Å². The molecule has 0 bridgehead atoms. The molecule has 2 fully saturated rings. The number of ether oxygens (including phenoxy) is 1. The normalized spacial score (nSPS) is 23.5. The van der Waals surface area contributed by atoms with Gasteiger partial charge in [0.2, 0.25) is 5.91 Å². The first-order valence-corrected chi connectivity index (χ1v) is 9.55. The molecule has 0 radical (unpaired) electrons. The zero-order chi connectivity index (χ0) is 18.5. The Morgan fingerprint density at radius 1 is 1.11 bits per heavy atom. The molecule has 2 amide bonds. The minimum Gasteiger partial charge on any atom is -0.484 e. The van der Waals surface area contributed by atoms with Gasteiger partial charge < -0.3 is 19.9 Å². The monoisotopic (exact) mass is 395 g/mol. The molecule has 150 valence electrons. The molecule has 2 saturated heterocycles. The number of carbonyl (C=O) groups is 2. The maximum absolute atomic E-state index is 12.9. The van der Waals surface area contributed by atoms with Gasteiger partial charge in [-0.15, -0.1) is 12.4 Å². The van der Waals surface area contributed by atoms with Gasteiger partial charge in [0, 0.05) is 44.2 Å². The van der Waals surface area contributed by atoms with Crippen molar-refractivity contribution in [2.75, 3.05) is 32.8 Å². The fraction of sp³-hybridized carbons (Fsp3) is 0.600. The van der Waals surface area contributed by atoms with Gasteiger partial charge in [0.15, 0.2) is 6.61 Å². The van der Waals surface area contributed by atoms with Crippen molar-refractivity contribution in [2.24, 2.45) is 5.92 Å². The van der Waals surface area contributed by atoms with Crippen molar-refractivity contribution in [3.8, 4) is 5.75 Å². The van der Waals surface area contributed by atoms with E-state index in [0.717, 1.165) is 25.9 Å². The number of nitrogens with zero attached hydrogens (tertiary/aromatic N) is 2. The number of nitrogens with one attached hydrogen (secondary N) is 1. The zero-order valence-corrected chi connectivity index (χ0v) is 16.9. The molecule has 2 aliphatic heterocycles. The van der Waals surface area contributed by atoms with Gasteiger partial charge in [0.25, 0.3) is 5.91 Å². The predicted molar refractivity (Wildman–Crippen MR) is 107 cm³/mol. The summed E-state index contributed by atoms with van der Waals surface area (Å²) in [5.41, 5.74) is 0. The van der Waals surface area contributed by atoms with Gasteiger partial charge in [-0.3, -0.25) is 9.59 Å². The maximum atomic E-state index is 12.9. The SMILES string of the molecule is CC1NCCN(C(=O)C2CCN(C(=O)COc3ccccc3)CC2)C1C.Cl. The summed E-state index contributed by atoms with van der Waals surface area (Å²) in [5, 5.41) is 3.41. The Balaban J connectivity index is 0.00000261. The van der Waals surface area contributed by atoms with E-state index >= 15 is 0 Å². The molecule has 6 nitrogen and oxygen atoms in total. The Labute approximate surface area is 167 Å². The average Bonchev–Trinajstić information content (AvgIpc) is 2.68. The number of piperidine rings is 1. The van der Waals surface area contributed by atoms with Gasteiger partial charge in [-0.05, 0) is 38.8 Å². The minimum absolute atomic E-state index is 0. The van der Waals surface area contributed by atoms with E-state index < -0.39 is 0 Å². The van der Waals surface area contributed by atoms with Crippen LogP contribution in [0.3, 0.4) is 0 Å². The number of benzene rings is 1. The van der Waals surface area contributed by atoms with E-state index in [1.54, 1.807) is 0 Å². The molecular weight excluding hydrogens is 366 g/mol. The van der Waals surface area contributed by atoms with Crippen LogP contribution in [0.4, 0.5) is 0 Å². The third kappa shape index (κ3) is 5.36. The van der Waals surface area contributed by atoms with Crippen LogP contribution in [0.2, 0.25) is 0 Å². The zero-order valence-electron chi connectivity index (χ0n) is 16.1. The second kappa shape index (κ2) is 9.95. The predicted octanol–water partition coefficient (Wildman–Crippen LogP) is 1.93. The van der Waals surface area contributed by atoms with Gasteiger partial charge in [-0.2, -0.15) is 0 Å². The lowest BCUT2D eigenvalue weighted by Gasteiger charge is -2.41. The Hall–Kier alpha value is -1.79. The topological polar surface area (TPSA) is 61.9 Å². The van der Waals surface area contributed by atoms with Gasteiger partial charge in [0.05, 0.1) is 0 Å². The van der Waals surface area contributed by atoms with Crippen LogP contribution in [0, 0.1) is 5.92 Å². The van der Waals surface area contributed by atoms with E-state index in [1.165, 1.54) is 0 Å². The number of rotatable bonds is 4. The number of halogens is 1.